The first-order valence-electron chi connectivity index (χ1n) is 9.01. The number of fused-ring (bicyclic) bond motifs is 1. The molecule has 10 heteroatoms. The molecule has 0 radical (unpaired) electrons. The number of hydrogen-bond acceptors (Lipinski definition) is 8. The highest BCUT2D eigenvalue weighted by atomic mass is 32.2. The molecule has 9 nitrogen and oxygen atoms in total. The zero-order valence-corrected chi connectivity index (χ0v) is 16.7. The van der Waals surface area contributed by atoms with Crippen LogP contribution in [-0.2, 0) is 20.4 Å². The van der Waals surface area contributed by atoms with E-state index in [-0.39, 0.29) is 25.7 Å². The van der Waals surface area contributed by atoms with Crippen molar-refractivity contribution >= 4 is 15.7 Å². The zero-order chi connectivity index (χ0) is 21.6. The fourth-order valence-electron chi connectivity index (χ4n) is 2.68. The molecule has 0 aliphatic carbocycles. The number of amides is 1. The third-order valence-electron chi connectivity index (χ3n) is 4.14. The van der Waals surface area contributed by atoms with Crippen molar-refractivity contribution in [2.75, 3.05) is 25.7 Å². The maximum atomic E-state index is 12.2. The van der Waals surface area contributed by atoms with Crippen LogP contribution in [0.15, 0.2) is 42.5 Å². The van der Waals surface area contributed by atoms with Crippen LogP contribution in [0.2, 0.25) is 0 Å². The first-order valence-corrected chi connectivity index (χ1v) is 10.8. The number of nitriles is 1. The molecule has 1 aliphatic rings. The van der Waals surface area contributed by atoms with Crippen LogP contribution in [0.1, 0.15) is 11.1 Å². The number of benzene rings is 2. The molecule has 2 aromatic rings. The van der Waals surface area contributed by atoms with Crippen molar-refractivity contribution in [2.24, 2.45) is 0 Å². The van der Waals surface area contributed by atoms with Crippen LogP contribution in [0.5, 0.6) is 17.2 Å². The second-order valence-corrected chi connectivity index (χ2v) is 8.69. The lowest BCUT2D eigenvalue weighted by Gasteiger charge is -2.13. The van der Waals surface area contributed by atoms with Gasteiger partial charge in [-0.1, -0.05) is 12.1 Å². The standard InChI is InChI=1S/C20H20N2O7S/c21-8-14-1-3-15(4-2-14)11-30(25,26)12-20(24)22-9-16(23)10-27-17-5-6-18-19(7-17)29-13-28-18/h1-7,16,23H,9-13H2,(H,22,24). The van der Waals surface area contributed by atoms with Crippen LogP contribution in [-0.4, -0.2) is 51.2 Å². The van der Waals surface area contributed by atoms with Crippen molar-refractivity contribution in [2.45, 2.75) is 11.9 Å². The molecular formula is C20H20N2O7S. The smallest absolute Gasteiger partial charge is 0.235 e. The number of nitrogens with one attached hydrogen (secondary N) is 1. The monoisotopic (exact) mass is 432 g/mol. The van der Waals surface area contributed by atoms with E-state index in [0.717, 1.165) is 0 Å². The van der Waals surface area contributed by atoms with Crippen LogP contribution in [0.25, 0.3) is 0 Å². The summed E-state index contributed by atoms with van der Waals surface area (Å²) in [6.45, 7) is -0.116. The molecule has 30 heavy (non-hydrogen) atoms. The van der Waals surface area contributed by atoms with Gasteiger partial charge in [0.2, 0.25) is 12.7 Å². The maximum Gasteiger partial charge on any atom is 0.235 e. The van der Waals surface area contributed by atoms with E-state index in [0.29, 0.717) is 28.4 Å². The normalized spacial score (nSPS) is 13.3. The molecule has 2 aromatic carbocycles. The maximum absolute atomic E-state index is 12.2. The first-order chi connectivity index (χ1) is 14.3. The highest BCUT2D eigenvalue weighted by Crippen LogP contribution is 2.35. The SMILES string of the molecule is N#Cc1ccc(CS(=O)(=O)CC(=O)NCC(O)COc2ccc3c(c2)OCO3)cc1. The van der Waals surface area contributed by atoms with E-state index in [1.165, 1.54) is 24.3 Å². The van der Waals surface area contributed by atoms with E-state index in [9.17, 15) is 18.3 Å². The lowest BCUT2D eigenvalue weighted by atomic mass is 10.2. The number of carbonyl (C=O) groups excluding carboxylic acids is 1. The van der Waals surface area contributed by atoms with Gasteiger partial charge in [-0.25, -0.2) is 8.42 Å². The Morgan fingerprint density at radius 2 is 1.93 bits per heavy atom. The van der Waals surface area contributed by atoms with E-state index in [1.807, 2.05) is 6.07 Å². The molecule has 2 N–H and O–H groups in total. The highest BCUT2D eigenvalue weighted by Gasteiger charge is 2.19. The number of aliphatic hydroxyl groups is 1. The number of carbonyl (C=O) groups is 1. The van der Waals surface area contributed by atoms with Crippen LogP contribution >= 0.6 is 0 Å². The van der Waals surface area contributed by atoms with Gasteiger partial charge >= 0.3 is 0 Å². The van der Waals surface area contributed by atoms with Crippen LogP contribution < -0.4 is 19.5 Å². The Morgan fingerprint density at radius 3 is 2.67 bits per heavy atom. The molecule has 1 atom stereocenters. The largest absolute Gasteiger partial charge is 0.491 e. The number of nitrogens with zero attached hydrogens (tertiary/aromatic N) is 1. The van der Waals surface area contributed by atoms with Crippen molar-refractivity contribution in [3.63, 3.8) is 0 Å². The van der Waals surface area contributed by atoms with Crippen molar-refractivity contribution in [3.8, 4) is 23.3 Å². The second kappa shape index (κ2) is 9.47. The lowest BCUT2D eigenvalue weighted by molar-refractivity contribution is -0.119. The lowest BCUT2D eigenvalue weighted by Crippen LogP contribution is -2.38. The van der Waals surface area contributed by atoms with Crippen LogP contribution in [0.4, 0.5) is 0 Å². The minimum absolute atomic E-state index is 0.0993. The number of aliphatic hydroxyl groups excluding tert-OH is 1. The fourth-order valence-corrected chi connectivity index (χ4v) is 3.98. The Kier molecular flexibility index (Phi) is 6.76. The number of hydrogen-bond donors (Lipinski definition) is 2. The summed E-state index contributed by atoms with van der Waals surface area (Å²) in [4.78, 5) is 11.9. The molecule has 1 unspecified atom stereocenters. The third-order valence-corrected chi connectivity index (χ3v) is 5.62. The number of sulfone groups is 1. The molecule has 1 amide bonds. The van der Waals surface area contributed by atoms with Crippen molar-refractivity contribution in [1.29, 1.82) is 5.26 Å². The summed E-state index contributed by atoms with van der Waals surface area (Å²) in [5.74, 6) is -0.120. The van der Waals surface area contributed by atoms with Gasteiger partial charge in [0.1, 0.15) is 24.2 Å². The molecule has 0 spiro atoms. The van der Waals surface area contributed by atoms with Crippen LogP contribution in [0.3, 0.4) is 0 Å². The molecule has 0 fully saturated rings. The molecule has 3 rings (SSSR count). The molecule has 1 heterocycles. The number of ether oxygens (including phenoxy) is 3. The Balaban J connectivity index is 1.41. The summed E-state index contributed by atoms with van der Waals surface area (Å²) < 4.78 is 40.2. The Bertz CT molecular complexity index is 1050. The van der Waals surface area contributed by atoms with Gasteiger partial charge in [-0.15, -0.1) is 0 Å². The minimum Gasteiger partial charge on any atom is -0.491 e. The molecular weight excluding hydrogens is 412 g/mol. The second-order valence-electron chi connectivity index (χ2n) is 6.62. The fraction of sp³-hybridized carbons (Fsp3) is 0.300. The predicted octanol–water partition coefficient (Wildman–Crippen LogP) is 0.758. The average molecular weight is 432 g/mol. The average Bonchev–Trinajstić information content (AvgIpc) is 3.18. The van der Waals surface area contributed by atoms with Gasteiger partial charge in [-0.2, -0.15) is 5.26 Å². The zero-order valence-electron chi connectivity index (χ0n) is 15.9. The molecule has 0 aromatic heterocycles. The van der Waals surface area contributed by atoms with Gasteiger partial charge in [0.15, 0.2) is 21.3 Å². The minimum atomic E-state index is -3.70. The first kappa shape index (κ1) is 21.4. The van der Waals surface area contributed by atoms with Crippen molar-refractivity contribution in [1.82, 2.24) is 5.32 Å². The quantitative estimate of drug-likeness (QED) is 0.593. The topological polar surface area (TPSA) is 135 Å². The van der Waals surface area contributed by atoms with Gasteiger partial charge in [-0.3, -0.25) is 4.79 Å². The van der Waals surface area contributed by atoms with E-state index in [2.05, 4.69) is 5.32 Å². The van der Waals surface area contributed by atoms with E-state index < -0.39 is 27.6 Å². The third kappa shape index (κ3) is 6.10. The van der Waals surface area contributed by atoms with Gasteiger partial charge in [0, 0.05) is 12.6 Å². The van der Waals surface area contributed by atoms with Gasteiger partial charge in [-0.05, 0) is 29.8 Å². The Labute approximate surface area is 173 Å². The van der Waals surface area contributed by atoms with Gasteiger partial charge < -0.3 is 24.6 Å². The summed E-state index contributed by atoms with van der Waals surface area (Å²) in [7, 11) is -3.70. The number of rotatable bonds is 9. The van der Waals surface area contributed by atoms with E-state index in [4.69, 9.17) is 19.5 Å². The predicted molar refractivity (Wildman–Crippen MR) is 106 cm³/mol. The summed E-state index contributed by atoms with van der Waals surface area (Å²) in [5, 5.41) is 21.1. The molecule has 0 bridgehead atoms. The summed E-state index contributed by atoms with van der Waals surface area (Å²) in [5.41, 5.74) is 0.907. The summed E-state index contributed by atoms with van der Waals surface area (Å²) in [6.07, 6.45) is -1.03. The molecule has 0 saturated heterocycles. The molecule has 1 aliphatic heterocycles. The van der Waals surface area contributed by atoms with E-state index in [1.54, 1.807) is 18.2 Å². The van der Waals surface area contributed by atoms with Gasteiger partial charge in [0.25, 0.3) is 0 Å². The summed E-state index contributed by atoms with van der Waals surface area (Å²) >= 11 is 0. The van der Waals surface area contributed by atoms with Gasteiger partial charge in [0.05, 0.1) is 17.4 Å². The Morgan fingerprint density at radius 1 is 1.20 bits per heavy atom. The van der Waals surface area contributed by atoms with Crippen molar-refractivity contribution in [3.05, 3.63) is 53.6 Å². The van der Waals surface area contributed by atoms with Crippen LogP contribution in [0, 0.1) is 11.3 Å². The van der Waals surface area contributed by atoms with Crippen molar-refractivity contribution < 1.29 is 32.5 Å². The van der Waals surface area contributed by atoms with E-state index >= 15 is 0 Å². The highest BCUT2D eigenvalue weighted by molar-refractivity contribution is 7.91. The summed E-state index contributed by atoms with van der Waals surface area (Å²) in [6, 6.07) is 13.0. The molecule has 0 saturated carbocycles. The Hall–Kier alpha value is -3.29. The molecule has 158 valence electrons.